The second-order valence-electron chi connectivity index (χ2n) is 3.26. The summed E-state index contributed by atoms with van der Waals surface area (Å²) in [4.78, 5) is 2.20. The Morgan fingerprint density at radius 3 is 2.85 bits per heavy atom. The molecule has 0 unspecified atom stereocenters. The van der Waals surface area contributed by atoms with Crippen molar-refractivity contribution >= 4 is 0 Å². The fourth-order valence-electron chi connectivity index (χ4n) is 1.49. The van der Waals surface area contributed by atoms with E-state index in [1.807, 2.05) is 0 Å². The van der Waals surface area contributed by atoms with Gasteiger partial charge in [0.25, 0.3) is 0 Å². The minimum Gasteiger partial charge on any atom is -0.292 e. The molecule has 2 rings (SSSR count). The minimum absolute atomic E-state index is 1.04. The molecule has 0 saturated carbocycles. The van der Waals surface area contributed by atoms with E-state index in [0.29, 0.717) is 0 Å². The van der Waals surface area contributed by atoms with Crippen LogP contribution in [0.25, 0.3) is 0 Å². The normalized spacial score (nSPS) is 17.8. The molecule has 1 saturated heterocycles. The number of rotatable bonds is 3. The summed E-state index contributed by atoms with van der Waals surface area (Å²) in [5.41, 5.74) is 1.40. The molecule has 1 heterocycles. The maximum atomic E-state index is 3.11. The molecule has 13 heavy (non-hydrogen) atoms. The van der Waals surface area contributed by atoms with Gasteiger partial charge in [-0.15, -0.1) is 0 Å². The van der Waals surface area contributed by atoms with E-state index in [0.717, 1.165) is 26.1 Å². The van der Waals surface area contributed by atoms with E-state index in [1.165, 1.54) is 5.56 Å². The molecule has 0 atom stereocenters. The van der Waals surface area contributed by atoms with Crippen LogP contribution in [0.15, 0.2) is 30.3 Å². The first kappa shape index (κ1) is 8.73. The van der Waals surface area contributed by atoms with Gasteiger partial charge in [0.2, 0.25) is 0 Å². The molecule has 0 amide bonds. The summed E-state index contributed by atoms with van der Waals surface area (Å²) in [5, 5.41) is 3.08. The lowest BCUT2D eigenvalue weighted by Gasteiger charge is -2.11. The molecule has 1 aromatic carbocycles. The van der Waals surface area contributed by atoms with Crippen LogP contribution in [0.4, 0.5) is 0 Å². The summed E-state index contributed by atoms with van der Waals surface area (Å²) in [6, 6.07) is 10.6. The molecule has 1 aromatic rings. The molecule has 1 N–H and O–H groups in total. The number of nitrogens with one attached hydrogen (secondary N) is 1. The van der Waals surface area contributed by atoms with Crippen molar-refractivity contribution in [3.05, 3.63) is 42.6 Å². The summed E-state index contributed by atoms with van der Waals surface area (Å²) in [5.74, 6) is 0. The van der Waals surface area contributed by atoms with Gasteiger partial charge in [-0.1, -0.05) is 30.3 Å². The fraction of sp³-hybridized carbons (Fsp3) is 0.364. The van der Waals surface area contributed by atoms with Crippen molar-refractivity contribution in [2.45, 2.75) is 6.42 Å². The Bertz CT molecular complexity index is 240. The Kier molecular flexibility index (Phi) is 2.95. The predicted octanol–water partition coefficient (Wildman–Crippen LogP) is 1.13. The monoisotopic (exact) mass is 174 g/mol. The van der Waals surface area contributed by atoms with Gasteiger partial charge >= 0.3 is 0 Å². The second kappa shape index (κ2) is 4.40. The zero-order valence-corrected chi connectivity index (χ0v) is 7.66. The topological polar surface area (TPSA) is 15.3 Å². The highest BCUT2D eigenvalue weighted by atomic mass is 15.3. The number of hydrogen-bond donors (Lipinski definition) is 1. The minimum atomic E-state index is 1.04. The van der Waals surface area contributed by atoms with Gasteiger partial charge < -0.3 is 0 Å². The number of hydrogen-bond acceptors (Lipinski definition) is 2. The van der Waals surface area contributed by atoms with E-state index >= 15 is 0 Å². The van der Waals surface area contributed by atoms with Crippen LogP contribution in [0, 0.1) is 6.67 Å². The second-order valence-corrected chi connectivity index (χ2v) is 3.26. The predicted molar refractivity (Wildman–Crippen MR) is 53.0 cm³/mol. The average molecular weight is 174 g/mol. The Hall–Kier alpha value is -0.860. The third-order valence-electron chi connectivity index (χ3n) is 2.26. The largest absolute Gasteiger partial charge is 0.292 e. The van der Waals surface area contributed by atoms with Crippen LogP contribution in [-0.4, -0.2) is 24.5 Å². The maximum Gasteiger partial charge on any atom is 0.143 e. The van der Waals surface area contributed by atoms with E-state index in [-0.39, 0.29) is 0 Å². The zero-order chi connectivity index (χ0) is 8.93. The molecule has 1 aliphatic heterocycles. The Balaban J connectivity index is 1.79. The van der Waals surface area contributed by atoms with Crippen LogP contribution < -0.4 is 5.32 Å². The first-order valence-electron chi connectivity index (χ1n) is 4.72. The van der Waals surface area contributed by atoms with Crippen molar-refractivity contribution in [3.8, 4) is 0 Å². The lowest BCUT2D eigenvalue weighted by atomic mass is 10.1. The van der Waals surface area contributed by atoms with Crippen LogP contribution in [0.3, 0.4) is 0 Å². The molecule has 0 aromatic heterocycles. The maximum absolute atomic E-state index is 3.11. The molecule has 0 spiro atoms. The van der Waals surface area contributed by atoms with Crippen molar-refractivity contribution in [1.29, 1.82) is 0 Å². The summed E-state index contributed by atoms with van der Waals surface area (Å²) < 4.78 is 0. The lowest BCUT2D eigenvalue weighted by Crippen LogP contribution is -2.20. The van der Waals surface area contributed by atoms with Crippen LogP contribution >= 0.6 is 0 Å². The van der Waals surface area contributed by atoms with Gasteiger partial charge in [-0.05, 0) is 12.0 Å². The summed E-state index contributed by atoms with van der Waals surface area (Å²) in [6.07, 6.45) is 1.11. The summed E-state index contributed by atoms with van der Waals surface area (Å²) in [7, 11) is 0. The Morgan fingerprint density at radius 1 is 1.31 bits per heavy atom. The quantitative estimate of drug-likeness (QED) is 0.739. The lowest BCUT2D eigenvalue weighted by molar-refractivity contribution is 0.392. The molecule has 2 nitrogen and oxygen atoms in total. The van der Waals surface area contributed by atoms with Crippen LogP contribution in [0.5, 0.6) is 0 Å². The first-order valence-corrected chi connectivity index (χ1v) is 4.72. The molecule has 1 aliphatic rings. The molecule has 68 valence electrons. The highest BCUT2D eigenvalue weighted by molar-refractivity contribution is 5.14. The third-order valence-corrected chi connectivity index (χ3v) is 2.26. The van der Waals surface area contributed by atoms with Crippen molar-refractivity contribution in [3.63, 3.8) is 0 Å². The van der Waals surface area contributed by atoms with Crippen molar-refractivity contribution in [1.82, 2.24) is 10.2 Å². The van der Waals surface area contributed by atoms with Crippen molar-refractivity contribution in [2.75, 3.05) is 19.6 Å². The molecule has 2 heteroatoms. The van der Waals surface area contributed by atoms with E-state index in [2.05, 4.69) is 47.2 Å². The van der Waals surface area contributed by atoms with Gasteiger partial charge in [0.1, 0.15) is 6.67 Å². The third kappa shape index (κ3) is 2.54. The molecule has 0 bridgehead atoms. The molecule has 0 aliphatic carbocycles. The first-order chi connectivity index (χ1) is 6.45. The van der Waals surface area contributed by atoms with Gasteiger partial charge in [0, 0.05) is 19.6 Å². The molecule has 1 fully saturated rings. The average Bonchev–Trinajstić information content (AvgIpc) is 2.69. The SMILES string of the molecule is [C]1NCCN1CCc1ccccc1. The molecule has 2 radical (unpaired) electrons. The van der Waals surface area contributed by atoms with E-state index in [9.17, 15) is 0 Å². The van der Waals surface area contributed by atoms with Gasteiger partial charge in [0.05, 0.1) is 0 Å². The van der Waals surface area contributed by atoms with Crippen molar-refractivity contribution in [2.24, 2.45) is 0 Å². The number of benzene rings is 1. The van der Waals surface area contributed by atoms with E-state index < -0.39 is 0 Å². The van der Waals surface area contributed by atoms with Gasteiger partial charge in [-0.3, -0.25) is 10.2 Å². The highest BCUT2D eigenvalue weighted by Crippen LogP contribution is 2.03. The van der Waals surface area contributed by atoms with E-state index in [1.54, 1.807) is 0 Å². The molecular weight excluding hydrogens is 160 g/mol. The van der Waals surface area contributed by atoms with Gasteiger partial charge in [0.15, 0.2) is 0 Å². The van der Waals surface area contributed by atoms with Crippen LogP contribution in [0.2, 0.25) is 0 Å². The highest BCUT2D eigenvalue weighted by Gasteiger charge is 2.11. The van der Waals surface area contributed by atoms with Gasteiger partial charge in [-0.2, -0.15) is 0 Å². The summed E-state index contributed by atoms with van der Waals surface area (Å²) >= 11 is 0. The van der Waals surface area contributed by atoms with Crippen molar-refractivity contribution < 1.29 is 0 Å². The smallest absolute Gasteiger partial charge is 0.143 e. The fourth-order valence-corrected chi connectivity index (χ4v) is 1.49. The zero-order valence-electron chi connectivity index (χ0n) is 7.66. The molecular formula is C11H14N2. The van der Waals surface area contributed by atoms with E-state index in [4.69, 9.17) is 0 Å². The van der Waals surface area contributed by atoms with Crippen LogP contribution in [0.1, 0.15) is 5.56 Å². The standard InChI is InChI=1S/C11H14N2/c1-2-4-11(5-3-1)6-8-13-9-7-12-10-13/h1-5,12H,6-9H2. The Morgan fingerprint density at radius 2 is 2.15 bits per heavy atom. The Labute approximate surface area is 79.6 Å². The summed E-state index contributed by atoms with van der Waals surface area (Å²) in [6.45, 7) is 6.30. The number of nitrogens with zero attached hydrogens (tertiary/aromatic N) is 1. The van der Waals surface area contributed by atoms with Crippen LogP contribution in [-0.2, 0) is 6.42 Å². The van der Waals surface area contributed by atoms with Gasteiger partial charge in [-0.25, -0.2) is 0 Å².